The number of nitrogens with zero attached hydrogens (tertiary/aromatic N) is 2. The van der Waals surface area contributed by atoms with Crippen LogP contribution in [0, 0.1) is 11.3 Å². The van der Waals surface area contributed by atoms with E-state index >= 15 is 0 Å². The lowest BCUT2D eigenvalue weighted by molar-refractivity contribution is 0.0496. The Morgan fingerprint density at radius 3 is 2.68 bits per heavy atom. The summed E-state index contributed by atoms with van der Waals surface area (Å²) in [6.45, 7) is 8.65. The van der Waals surface area contributed by atoms with Gasteiger partial charge in [0.05, 0.1) is 0 Å². The number of aromatic nitrogens is 1. The van der Waals surface area contributed by atoms with Gasteiger partial charge in [0.15, 0.2) is 5.96 Å². The molecule has 2 aliphatic heterocycles. The van der Waals surface area contributed by atoms with Crippen molar-refractivity contribution < 1.29 is 0 Å². The van der Waals surface area contributed by atoms with Crippen molar-refractivity contribution in [2.45, 2.75) is 96.7 Å². The van der Waals surface area contributed by atoms with E-state index in [9.17, 15) is 4.79 Å². The molecule has 2 aliphatic rings. The second-order valence-corrected chi connectivity index (χ2v) is 10.7. The van der Waals surface area contributed by atoms with Crippen LogP contribution in [-0.2, 0) is 6.42 Å². The number of rotatable bonds is 7. The van der Waals surface area contributed by atoms with Crippen molar-refractivity contribution in [1.82, 2.24) is 14.8 Å². The van der Waals surface area contributed by atoms with Gasteiger partial charge in [0.1, 0.15) is 0 Å². The van der Waals surface area contributed by atoms with Crippen LogP contribution in [-0.4, -0.2) is 45.9 Å². The van der Waals surface area contributed by atoms with Crippen LogP contribution in [0.15, 0.2) is 29.1 Å². The number of benzene rings is 1. The van der Waals surface area contributed by atoms with Crippen molar-refractivity contribution in [3.8, 4) is 0 Å². The molecule has 0 radical (unpaired) electrons. The molecule has 0 bridgehead atoms. The Hall–Kier alpha value is -2.34. The lowest BCUT2D eigenvalue weighted by Gasteiger charge is -2.45. The van der Waals surface area contributed by atoms with Gasteiger partial charge in [-0.3, -0.25) is 15.1 Å². The monoisotopic (exact) mass is 465 g/mol. The molecule has 186 valence electrons. The van der Waals surface area contributed by atoms with E-state index < -0.39 is 0 Å². The topological polar surface area (TPSA) is 89.2 Å². The van der Waals surface area contributed by atoms with Gasteiger partial charge in [-0.1, -0.05) is 38.3 Å². The Bertz CT molecular complexity index is 1040. The van der Waals surface area contributed by atoms with E-state index in [0.717, 1.165) is 49.9 Å². The minimum atomic E-state index is 0.0226. The van der Waals surface area contributed by atoms with Gasteiger partial charge in [0, 0.05) is 47.7 Å². The number of H-pyrrole nitrogens is 1. The van der Waals surface area contributed by atoms with Gasteiger partial charge in [-0.05, 0) is 76.0 Å². The predicted molar refractivity (Wildman–Crippen MR) is 141 cm³/mol. The molecular weight excluding hydrogens is 422 g/mol. The van der Waals surface area contributed by atoms with Gasteiger partial charge in [0.2, 0.25) is 0 Å². The van der Waals surface area contributed by atoms with Crippen LogP contribution < -0.4 is 11.3 Å². The highest BCUT2D eigenvalue weighted by Gasteiger charge is 2.32. The van der Waals surface area contributed by atoms with Crippen LogP contribution in [0.4, 0.5) is 0 Å². The van der Waals surface area contributed by atoms with Gasteiger partial charge in [-0.25, -0.2) is 0 Å². The van der Waals surface area contributed by atoms with Crippen molar-refractivity contribution in [3.05, 3.63) is 45.7 Å². The zero-order valence-electron chi connectivity index (χ0n) is 21.3. The van der Waals surface area contributed by atoms with E-state index in [0.29, 0.717) is 24.0 Å². The lowest BCUT2D eigenvalue weighted by Crippen LogP contribution is -2.46. The highest BCUT2D eigenvalue weighted by Crippen LogP contribution is 2.38. The van der Waals surface area contributed by atoms with Crippen LogP contribution >= 0.6 is 0 Å². The van der Waals surface area contributed by atoms with Crippen molar-refractivity contribution in [2.24, 2.45) is 11.7 Å². The Kier molecular flexibility index (Phi) is 7.97. The smallest absolute Gasteiger partial charge is 0.251 e. The van der Waals surface area contributed by atoms with Gasteiger partial charge < -0.3 is 15.6 Å². The van der Waals surface area contributed by atoms with Gasteiger partial charge in [-0.15, -0.1) is 0 Å². The third-order valence-electron chi connectivity index (χ3n) is 8.18. The number of nitrogens with one attached hydrogen (secondary N) is 2. The second-order valence-electron chi connectivity index (χ2n) is 10.7. The van der Waals surface area contributed by atoms with Gasteiger partial charge in [-0.2, -0.15) is 0 Å². The summed E-state index contributed by atoms with van der Waals surface area (Å²) in [5.74, 6) is 0.490. The van der Waals surface area contributed by atoms with Crippen LogP contribution in [0.1, 0.15) is 89.3 Å². The second kappa shape index (κ2) is 10.9. The Morgan fingerprint density at radius 2 is 1.97 bits per heavy atom. The fraction of sp³-hybridized carbons (Fsp3) is 0.643. The molecule has 1 aromatic heterocycles. The average Bonchev–Trinajstić information content (AvgIpc) is 2.81. The Labute approximate surface area is 204 Å². The summed E-state index contributed by atoms with van der Waals surface area (Å²) < 4.78 is 0. The minimum absolute atomic E-state index is 0.0226. The first-order valence-corrected chi connectivity index (χ1v) is 13.4. The van der Waals surface area contributed by atoms with E-state index in [1.54, 1.807) is 0 Å². The number of piperidine rings is 2. The third kappa shape index (κ3) is 5.32. The first-order chi connectivity index (χ1) is 16.4. The summed E-state index contributed by atoms with van der Waals surface area (Å²) in [6, 6.07) is 10.1. The number of fused-ring (bicyclic) bond motifs is 1. The summed E-state index contributed by atoms with van der Waals surface area (Å²) in [5.41, 5.74) is 8.94. The number of pyridine rings is 1. The first-order valence-electron chi connectivity index (χ1n) is 13.4. The third-order valence-corrected chi connectivity index (χ3v) is 8.18. The standard InChI is InChI=1S/C28H43N5O/c1-4-5-14-26(33-19(2)9-6-10-20(33)3)23-12-7-13-25-24(23)17-22(27(34)31-25)16-21-11-8-15-32(18-21)28(29)30/h7,12-13,17,19-21,26H,4-6,8-11,14-16,18H2,1-3H3,(H3,29,30)(H,31,34). The molecule has 34 heavy (non-hydrogen) atoms. The van der Waals surface area contributed by atoms with Crippen LogP contribution in [0.5, 0.6) is 0 Å². The molecule has 2 fully saturated rings. The molecule has 0 spiro atoms. The maximum Gasteiger partial charge on any atom is 0.251 e. The van der Waals surface area contributed by atoms with E-state index in [2.05, 4.69) is 48.9 Å². The summed E-state index contributed by atoms with van der Waals surface area (Å²) in [4.78, 5) is 20.9. The first kappa shape index (κ1) is 24.8. The van der Waals surface area contributed by atoms with Crippen molar-refractivity contribution >= 4 is 16.9 Å². The number of nitrogens with two attached hydrogens (primary N) is 1. The highest BCUT2D eigenvalue weighted by molar-refractivity contribution is 5.83. The van der Waals surface area contributed by atoms with Crippen LogP contribution in [0.3, 0.4) is 0 Å². The van der Waals surface area contributed by atoms with Crippen LogP contribution in [0.2, 0.25) is 0 Å². The molecule has 6 nitrogen and oxygen atoms in total. The summed E-state index contributed by atoms with van der Waals surface area (Å²) in [7, 11) is 0. The number of unbranched alkanes of at least 4 members (excludes halogenated alkanes) is 1. The van der Waals surface area contributed by atoms with Crippen LogP contribution in [0.25, 0.3) is 10.9 Å². The molecule has 6 heteroatoms. The predicted octanol–water partition coefficient (Wildman–Crippen LogP) is 5.17. The lowest BCUT2D eigenvalue weighted by atomic mass is 9.87. The number of likely N-dealkylation sites (tertiary alicyclic amines) is 2. The average molecular weight is 466 g/mol. The van der Waals surface area contributed by atoms with Crippen molar-refractivity contribution in [2.75, 3.05) is 13.1 Å². The SMILES string of the molecule is CCCCC(c1cccc2[nH]c(=O)c(CC3CCCN(C(=N)N)C3)cc12)N1C(C)CCCC1C. The quantitative estimate of drug-likeness (QED) is 0.389. The Balaban J connectivity index is 1.70. The maximum absolute atomic E-state index is 13.0. The van der Waals surface area contributed by atoms with Gasteiger partial charge in [0.25, 0.3) is 5.56 Å². The largest absolute Gasteiger partial charge is 0.370 e. The summed E-state index contributed by atoms with van der Waals surface area (Å²) in [5, 5.41) is 9.00. The molecule has 4 rings (SSSR count). The number of aromatic amines is 1. The molecule has 0 amide bonds. The van der Waals surface area contributed by atoms with Crippen molar-refractivity contribution in [3.63, 3.8) is 0 Å². The maximum atomic E-state index is 13.0. The fourth-order valence-electron chi connectivity index (χ4n) is 6.42. The normalized spacial score (nSPS) is 24.9. The van der Waals surface area contributed by atoms with E-state index in [1.807, 2.05) is 11.0 Å². The fourth-order valence-corrected chi connectivity index (χ4v) is 6.42. The van der Waals surface area contributed by atoms with E-state index in [4.69, 9.17) is 11.1 Å². The molecule has 4 N–H and O–H groups in total. The minimum Gasteiger partial charge on any atom is -0.370 e. The van der Waals surface area contributed by atoms with Gasteiger partial charge >= 0.3 is 0 Å². The molecule has 2 saturated heterocycles. The molecule has 3 heterocycles. The number of hydrogen-bond acceptors (Lipinski definition) is 3. The molecule has 0 saturated carbocycles. The summed E-state index contributed by atoms with van der Waals surface area (Å²) in [6.07, 6.45) is 10.2. The van der Waals surface area contributed by atoms with E-state index in [-0.39, 0.29) is 11.5 Å². The molecule has 2 aromatic rings. The molecule has 1 aromatic carbocycles. The zero-order valence-corrected chi connectivity index (χ0v) is 21.3. The number of hydrogen-bond donors (Lipinski definition) is 3. The van der Waals surface area contributed by atoms with E-state index in [1.165, 1.54) is 43.1 Å². The zero-order chi connectivity index (χ0) is 24.2. The Morgan fingerprint density at radius 1 is 1.21 bits per heavy atom. The molecule has 4 unspecified atom stereocenters. The highest BCUT2D eigenvalue weighted by atomic mass is 16.1. The van der Waals surface area contributed by atoms with Crippen molar-refractivity contribution in [1.29, 1.82) is 5.41 Å². The summed E-state index contributed by atoms with van der Waals surface area (Å²) >= 11 is 0. The number of guanidine groups is 1. The molecule has 4 atom stereocenters. The molecular formula is C28H43N5O. The molecule has 0 aliphatic carbocycles.